The summed E-state index contributed by atoms with van der Waals surface area (Å²) < 4.78 is 5.37. The van der Waals surface area contributed by atoms with E-state index in [0.29, 0.717) is 12.0 Å². The molecule has 0 saturated carbocycles. The molecule has 0 bridgehead atoms. The normalized spacial score (nSPS) is 21.4. The van der Waals surface area contributed by atoms with E-state index in [0.717, 1.165) is 31.9 Å². The zero-order valence-electron chi connectivity index (χ0n) is 9.32. The number of rotatable bonds is 4. The molecule has 1 unspecified atom stereocenters. The summed E-state index contributed by atoms with van der Waals surface area (Å²) in [7, 11) is 0. The summed E-state index contributed by atoms with van der Waals surface area (Å²) in [4.78, 5) is 4.64. The lowest BCUT2D eigenvalue weighted by atomic mass is 10.1. The Morgan fingerprint density at radius 3 is 3.20 bits per heavy atom. The van der Waals surface area contributed by atoms with Crippen molar-refractivity contribution >= 4 is 11.3 Å². The number of nitrogens with one attached hydrogen (secondary N) is 1. The molecule has 1 aromatic rings. The molecule has 1 N–H and O–H groups in total. The fraction of sp³-hybridized carbons (Fsp3) is 0.727. The Hall–Kier alpha value is -0.450. The van der Waals surface area contributed by atoms with Crippen molar-refractivity contribution in [3.63, 3.8) is 0 Å². The molecule has 84 valence electrons. The van der Waals surface area contributed by atoms with Crippen molar-refractivity contribution in [1.82, 2.24) is 10.3 Å². The van der Waals surface area contributed by atoms with Crippen LogP contribution >= 0.6 is 11.3 Å². The van der Waals surface area contributed by atoms with Crippen molar-refractivity contribution in [2.75, 3.05) is 13.2 Å². The molecule has 1 fully saturated rings. The summed E-state index contributed by atoms with van der Waals surface area (Å²) in [6.07, 6.45) is 1.13. The second kappa shape index (κ2) is 5.05. The average molecular weight is 226 g/mol. The standard InChI is InChI=1S/C11H18N2OS/c1-8(2)12-5-10-7-15-11(13-10)9-3-4-14-6-9/h7-9,12H,3-6H2,1-2H3. The third-order valence-corrected chi connectivity index (χ3v) is 3.60. The van der Waals surface area contributed by atoms with E-state index in [1.54, 1.807) is 11.3 Å². The second-order valence-electron chi connectivity index (χ2n) is 4.27. The third-order valence-electron chi connectivity index (χ3n) is 2.54. The van der Waals surface area contributed by atoms with E-state index in [2.05, 4.69) is 29.5 Å². The van der Waals surface area contributed by atoms with Gasteiger partial charge in [0.05, 0.1) is 17.3 Å². The highest BCUT2D eigenvalue weighted by Gasteiger charge is 2.20. The summed E-state index contributed by atoms with van der Waals surface area (Å²) in [5.74, 6) is 0.544. The van der Waals surface area contributed by atoms with E-state index in [1.165, 1.54) is 5.01 Å². The Bertz CT molecular complexity index is 305. The highest BCUT2D eigenvalue weighted by molar-refractivity contribution is 7.09. The molecule has 1 saturated heterocycles. The van der Waals surface area contributed by atoms with Crippen molar-refractivity contribution in [3.8, 4) is 0 Å². The van der Waals surface area contributed by atoms with Crippen LogP contribution in [0.3, 0.4) is 0 Å². The Balaban J connectivity index is 1.91. The highest BCUT2D eigenvalue weighted by Crippen LogP contribution is 2.27. The van der Waals surface area contributed by atoms with Gasteiger partial charge in [-0.05, 0) is 6.42 Å². The molecule has 1 aliphatic rings. The van der Waals surface area contributed by atoms with Gasteiger partial charge in [0.2, 0.25) is 0 Å². The first-order chi connectivity index (χ1) is 7.25. The molecular weight excluding hydrogens is 208 g/mol. The number of nitrogens with zero attached hydrogens (tertiary/aromatic N) is 1. The predicted molar refractivity (Wildman–Crippen MR) is 62.3 cm³/mol. The van der Waals surface area contributed by atoms with Crippen LogP contribution in [0.1, 0.15) is 36.9 Å². The minimum Gasteiger partial charge on any atom is -0.381 e. The Labute approximate surface area is 94.9 Å². The number of aromatic nitrogens is 1. The van der Waals surface area contributed by atoms with E-state index in [9.17, 15) is 0 Å². The van der Waals surface area contributed by atoms with Crippen molar-refractivity contribution in [1.29, 1.82) is 0 Å². The summed E-state index contributed by atoms with van der Waals surface area (Å²) in [5.41, 5.74) is 1.16. The van der Waals surface area contributed by atoms with Crippen molar-refractivity contribution in [2.45, 2.75) is 38.8 Å². The number of thiazole rings is 1. The largest absolute Gasteiger partial charge is 0.381 e. The molecule has 1 aliphatic heterocycles. The molecule has 2 heterocycles. The van der Waals surface area contributed by atoms with Gasteiger partial charge in [-0.15, -0.1) is 11.3 Å². The highest BCUT2D eigenvalue weighted by atomic mass is 32.1. The van der Waals surface area contributed by atoms with E-state index in [1.807, 2.05) is 0 Å². The van der Waals surface area contributed by atoms with Crippen LogP contribution in [0.4, 0.5) is 0 Å². The fourth-order valence-electron chi connectivity index (χ4n) is 1.63. The maximum absolute atomic E-state index is 5.37. The van der Waals surface area contributed by atoms with E-state index < -0.39 is 0 Å². The molecule has 4 heteroatoms. The molecule has 2 rings (SSSR count). The number of hydrogen-bond acceptors (Lipinski definition) is 4. The SMILES string of the molecule is CC(C)NCc1csc(C2CCOC2)n1. The van der Waals surface area contributed by atoms with Crippen molar-refractivity contribution in [2.24, 2.45) is 0 Å². The van der Waals surface area contributed by atoms with E-state index in [4.69, 9.17) is 4.74 Å². The summed E-state index contributed by atoms with van der Waals surface area (Å²) in [6, 6.07) is 0.518. The lowest BCUT2D eigenvalue weighted by Crippen LogP contribution is -2.22. The molecule has 1 atom stereocenters. The van der Waals surface area contributed by atoms with Crippen LogP contribution in [0, 0.1) is 0 Å². The molecule has 0 amide bonds. The van der Waals surface area contributed by atoms with Gasteiger partial charge in [0, 0.05) is 30.5 Å². The summed E-state index contributed by atoms with van der Waals surface area (Å²) in [5, 5.41) is 6.78. The monoisotopic (exact) mass is 226 g/mol. The summed E-state index contributed by atoms with van der Waals surface area (Å²) in [6.45, 7) is 6.92. The van der Waals surface area contributed by atoms with Crippen LogP contribution in [0.25, 0.3) is 0 Å². The Morgan fingerprint density at radius 1 is 1.67 bits per heavy atom. The minimum absolute atomic E-state index is 0.518. The van der Waals surface area contributed by atoms with Crippen LogP contribution in [0.15, 0.2) is 5.38 Å². The van der Waals surface area contributed by atoms with E-state index in [-0.39, 0.29) is 0 Å². The topological polar surface area (TPSA) is 34.1 Å². The smallest absolute Gasteiger partial charge is 0.0983 e. The molecule has 0 radical (unpaired) electrons. The van der Waals surface area contributed by atoms with Gasteiger partial charge in [-0.3, -0.25) is 0 Å². The molecule has 0 aromatic carbocycles. The van der Waals surface area contributed by atoms with Gasteiger partial charge in [-0.1, -0.05) is 13.8 Å². The zero-order valence-corrected chi connectivity index (χ0v) is 10.1. The van der Waals surface area contributed by atoms with Gasteiger partial charge < -0.3 is 10.1 Å². The molecule has 0 aliphatic carbocycles. The Kier molecular flexibility index (Phi) is 3.72. The van der Waals surface area contributed by atoms with Crippen LogP contribution in [-0.2, 0) is 11.3 Å². The fourth-order valence-corrected chi connectivity index (χ4v) is 2.57. The third kappa shape index (κ3) is 3.00. The van der Waals surface area contributed by atoms with Crippen LogP contribution < -0.4 is 5.32 Å². The van der Waals surface area contributed by atoms with Gasteiger partial charge in [0.15, 0.2) is 0 Å². The maximum atomic E-state index is 5.37. The van der Waals surface area contributed by atoms with E-state index >= 15 is 0 Å². The van der Waals surface area contributed by atoms with Gasteiger partial charge in [0.25, 0.3) is 0 Å². The Morgan fingerprint density at radius 2 is 2.53 bits per heavy atom. The second-order valence-corrected chi connectivity index (χ2v) is 5.16. The summed E-state index contributed by atoms with van der Waals surface area (Å²) >= 11 is 1.77. The zero-order chi connectivity index (χ0) is 10.7. The van der Waals surface area contributed by atoms with Crippen molar-refractivity contribution < 1.29 is 4.74 Å². The number of hydrogen-bond donors (Lipinski definition) is 1. The van der Waals surface area contributed by atoms with Gasteiger partial charge in [0.1, 0.15) is 0 Å². The van der Waals surface area contributed by atoms with Crippen LogP contribution in [0.2, 0.25) is 0 Å². The van der Waals surface area contributed by atoms with Crippen molar-refractivity contribution in [3.05, 3.63) is 16.1 Å². The predicted octanol–water partition coefficient (Wildman–Crippen LogP) is 2.15. The maximum Gasteiger partial charge on any atom is 0.0983 e. The lowest BCUT2D eigenvalue weighted by Gasteiger charge is -2.05. The molecule has 3 nitrogen and oxygen atoms in total. The first-order valence-electron chi connectivity index (χ1n) is 5.51. The van der Waals surface area contributed by atoms with Gasteiger partial charge >= 0.3 is 0 Å². The van der Waals surface area contributed by atoms with Gasteiger partial charge in [-0.25, -0.2) is 4.98 Å². The minimum atomic E-state index is 0.518. The molecule has 1 aromatic heterocycles. The van der Waals surface area contributed by atoms with Crippen LogP contribution in [0.5, 0.6) is 0 Å². The van der Waals surface area contributed by atoms with Crippen LogP contribution in [-0.4, -0.2) is 24.2 Å². The molecular formula is C11H18N2OS. The quantitative estimate of drug-likeness (QED) is 0.854. The lowest BCUT2D eigenvalue weighted by molar-refractivity contribution is 0.194. The first-order valence-corrected chi connectivity index (χ1v) is 6.39. The molecule has 0 spiro atoms. The molecule has 15 heavy (non-hydrogen) atoms. The van der Waals surface area contributed by atoms with Gasteiger partial charge in [-0.2, -0.15) is 0 Å². The number of ether oxygens (including phenoxy) is 1. The average Bonchev–Trinajstić information content (AvgIpc) is 2.85. The first kappa shape index (κ1) is 11.0.